The number of hydrazone groups is 1. The van der Waals surface area contributed by atoms with Gasteiger partial charge in [-0.05, 0) is 43.8 Å². The van der Waals surface area contributed by atoms with Crippen molar-refractivity contribution in [2.24, 2.45) is 16.9 Å². The molecule has 0 aromatic heterocycles. The summed E-state index contributed by atoms with van der Waals surface area (Å²) in [6.07, 6.45) is 9.38. The molecule has 0 unspecified atom stereocenters. The van der Waals surface area contributed by atoms with Gasteiger partial charge in [-0.3, -0.25) is 5.43 Å². The first-order valence-corrected chi connectivity index (χ1v) is 7.12. The number of hydrogen-bond acceptors (Lipinski definition) is 3. The fraction of sp³-hybridized carbons (Fsp3) is 0.692. The summed E-state index contributed by atoms with van der Waals surface area (Å²) in [5.74, 6) is 1.37. The monoisotopic (exact) mass is 265 g/mol. The van der Waals surface area contributed by atoms with Gasteiger partial charge in [-0.15, -0.1) is 0 Å². The second-order valence-corrected chi connectivity index (χ2v) is 5.61. The Morgan fingerprint density at radius 3 is 3.28 bits per heavy atom. The lowest BCUT2D eigenvalue weighted by molar-refractivity contribution is 0.114. The predicted octanol–water partition coefficient (Wildman–Crippen LogP) is 1.58. The molecule has 5 heteroatoms. The first-order valence-electron chi connectivity index (χ1n) is 6.71. The van der Waals surface area contributed by atoms with Crippen LogP contribution in [-0.2, 0) is 4.74 Å². The van der Waals surface area contributed by atoms with Gasteiger partial charge in [-0.1, -0.05) is 12.2 Å². The summed E-state index contributed by atoms with van der Waals surface area (Å²) < 4.78 is 5.52. The summed E-state index contributed by atoms with van der Waals surface area (Å²) in [5, 5.41) is 8.16. The lowest BCUT2D eigenvalue weighted by atomic mass is 9.74. The molecule has 0 aromatic carbocycles. The van der Waals surface area contributed by atoms with Gasteiger partial charge in [0.1, 0.15) is 0 Å². The Bertz CT molecular complexity index is 388. The minimum absolute atomic E-state index is 0.310. The van der Waals surface area contributed by atoms with E-state index in [1.807, 2.05) is 0 Å². The Hall–Kier alpha value is -0.940. The standard InChI is InChI=1S/C13H19N3OS/c18-13(14-8-10-4-2-6-17-10)16-15-12-7-9-3-1-5-11(9)12/h1,3,9-11H,2,4-8H2,(H2,14,16,18)/b15-12-/t9-,10-,11-/m0/s1. The Kier molecular flexibility index (Phi) is 3.61. The molecule has 3 rings (SSSR count). The highest BCUT2D eigenvalue weighted by atomic mass is 32.1. The van der Waals surface area contributed by atoms with Crippen LogP contribution in [0.4, 0.5) is 0 Å². The van der Waals surface area contributed by atoms with Gasteiger partial charge in [-0.25, -0.2) is 0 Å². The predicted molar refractivity (Wildman–Crippen MR) is 75.5 cm³/mol. The van der Waals surface area contributed by atoms with Crippen molar-refractivity contribution in [1.82, 2.24) is 10.7 Å². The van der Waals surface area contributed by atoms with Crippen LogP contribution >= 0.6 is 12.2 Å². The zero-order valence-electron chi connectivity index (χ0n) is 10.4. The fourth-order valence-electron chi connectivity index (χ4n) is 2.84. The second-order valence-electron chi connectivity index (χ2n) is 5.20. The molecule has 18 heavy (non-hydrogen) atoms. The molecular formula is C13H19N3OS. The van der Waals surface area contributed by atoms with E-state index in [0.717, 1.165) is 44.8 Å². The average molecular weight is 265 g/mol. The van der Waals surface area contributed by atoms with Crippen molar-refractivity contribution in [1.29, 1.82) is 0 Å². The van der Waals surface area contributed by atoms with Crippen molar-refractivity contribution in [3.05, 3.63) is 12.2 Å². The van der Waals surface area contributed by atoms with E-state index in [4.69, 9.17) is 17.0 Å². The zero-order chi connectivity index (χ0) is 12.4. The molecular weight excluding hydrogens is 246 g/mol. The average Bonchev–Trinajstić information content (AvgIpc) is 2.97. The Morgan fingerprint density at radius 2 is 2.50 bits per heavy atom. The minimum Gasteiger partial charge on any atom is -0.376 e. The third-order valence-electron chi connectivity index (χ3n) is 3.98. The van der Waals surface area contributed by atoms with E-state index in [-0.39, 0.29) is 0 Å². The van der Waals surface area contributed by atoms with Crippen molar-refractivity contribution in [3.8, 4) is 0 Å². The quantitative estimate of drug-likeness (QED) is 0.462. The van der Waals surface area contributed by atoms with Crippen LogP contribution in [0.2, 0.25) is 0 Å². The first-order chi connectivity index (χ1) is 8.83. The number of hydrogen-bond donors (Lipinski definition) is 2. The number of nitrogens with zero attached hydrogens (tertiary/aromatic N) is 1. The van der Waals surface area contributed by atoms with Crippen molar-refractivity contribution < 1.29 is 4.74 Å². The molecule has 1 saturated carbocycles. The third kappa shape index (κ3) is 2.57. The number of fused-ring (bicyclic) bond motifs is 1. The van der Waals surface area contributed by atoms with Crippen LogP contribution in [-0.4, -0.2) is 30.1 Å². The normalized spacial score (nSPS) is 35.3. The number of allylic oxidation sites excluding steroid dienone is 2. The van der Waals surface area contributed by atoms with Crippen LogP contribution in [0.5, 0.6) is 0 Å². The summed E-state index contributed by atoms with van der Waals surface area (Å²) in [6.45, 7) is 1.66. The molecule has 0 spiro atoms. The molecule has 1 aliphatic heterocycles. The maximum absolute atomic E-state index is 5.52. The van der Waals surface area contributed by atoms with Gasteiger partial charge in [0.2, 0.25) is 0 Å². The number of rotatable bonds is 3. The minimum atomic E-state index is 0.310. The van der Waals surface area contributed by atoms with E-state index in [2.05, 4.69) is 28.0 Å². The molecule has 3 atom stereocenters. The summed E-state index contributed by atoms with van der Waals surface area (Å²) in [4.78, 5) is 0. The molecule has 0 aromatic rings. The summed E-state index contributed by atoms with van der Waals surface area (Å²) >= 11 is 5.20. The first kappa shape index (κ1) is 12.1. The number of thiocarbonyl (C=S) groups is 1. The van der Waals surface area contributed by atoms with Crippen LogP contribution in [0.1, 0.15) is 25.7 Å². The van der Waals surface area contributed by atoms with Gasteiger partial charge >= 0.3 is 0 Å². The molecule has 2 aliphatic carbocycles. The topological polar surface area (TPSA) is 45.6 Å². The highest BCUT2D eigenvalue weighted by molar-refractivity contribution is 7.80. The summed E-state index contributed by atoms with van der Waals surface area (Å²) in [7, 11) is 0. The van der Waals surface area contributed by atoms with Gasteiger partial charge in [0.25, 0.3) is 0 Å². The molecule has 2 fully saturated rings. The fourth-order valence-corrected chi connectivity index (χ4v) is 2.97. The van der Waals surface area contributed by atoms with E-state index in [0.29, 0.717) is 17.1 Å². The van der Waals surface area contributed by atoms with Crippen molar-refractivity contribution in [2.75, 3.05) is 13.2 Å². The Labute approximate surface area is 113 Å². The molecule has 0 amide bonds. The van der Waals surface area contributed by atoms with Crippen molar-refractivity contribution in [3.63, 3.8) is 0 Å². The van der Waals surface area contributed by atoms with E-state index >= 15 is 0 Å². The Morgan fingerprint density at radius 1 is 1.56 bits per heavy atom. The highest BCUT2D eigenvalue weighted by Crippen LogP contribution is 2.39. The van der Waals surface area contributed by atoms with Crippen LogP contribution in [0.15, 0.2) is 17.3 Å². The number of nitrogens with one attached hydrogen (secondary N) is 2. The largest absolute Gasteiger partial charge is 0.376 e. The van der Waals surface area contributed by atoms with Crippen LogP contribution in [0.3, 0.4) is 0 Å². The maximum Gasteiger partial charge on any atom is 0.187 e. The smallest absolute Gasteiger partial charge is 0.187 e. The lowest BCUT2D eigenvalue weighted by Gasteiger charge is -2.31. The van der Waals surface area contributed by atoms with Gasteiger partial charge in [-0.2, -0.15) is 5.10 Å². The molecule has 0 bridgehead atoms. The molecule has 0 radical (unpaired) electrons. The van der Waals surface area contributed by atoms with Gasteiger partial charge in [0.05, 0.1) is 6.10 Å². The second kappa shape index (κ2) is 5.36. The highest BCUT2D eigenvalue weighted by Gasteiger charge is 2.37. The van der Waals surface area contributed by atoms with Crippen LogP contribution < -0.4 is 10.7 Å². The molecule has 98 valence electrons. The van der Waals surface area contributed by atoms with Gasteiger partial charge < -0.3 is 10.1 Å². The lowest BCUT2D eigenvalue weighted by Crippen LogP contribution is -2.40. The van der Waals surface area contributed by atoms with E-state index in [1.54, 1.807) is 0 Å². The zero-order valence-corrected chi connectivity index (χ0v) is 11.2. The molecule has 4 nitrogen and oxygen atoms in total. The molecule has 1 saturated heterocycles. The SMILES string of the molecule is S=C(NC[C@@H]1CCCO1)N/N=C1/C[C@@H]2C=CC[C@H]12. The van der Waals surface area contributed by atoms with Crippen molar-refractivity contribution >= 4 is 23.0 Å². The van der Waals surface area contributed by atoms with Gasteiger partial charge in [0.15, 0.2) is 5.11 Å². The van der Waals surface area contributed by atoms with Crippen LogP contribution in [0.25, 0.3) is 0 Å². The third-order valence-corrected chi connectivity index (χ3v) is 4.21. The van der Waals surface area contributed by atoms with Crippen LogP contribution in [0, 0.1) is 11.8 Å². The van der Waals surface area contributed by atoms with Gasteiger partial charge in [0, 0.05) is 24.8 Å². The summed E-state index contributed by atoms with van der Waals surface area (Å²) in [5.41, 5.74) is 4.20. The van der Waals surface area contributed by atoms with Crippen molar-refractivity contribution in [2.45, 2.75) is 31.8 Å². The Balaban J connectivity index is 1.38. The van der Waals surface area contributed by atoms with E-state index < -0.39 is 0 Å². The number of ether oxygens (including phenoxy) is 1. The maximum atomic E-state index is 5.52. The molecule has 3 aliphatic rings. The molecule has 2 N–H and O–H groups in total. The summed E-state index contributed by atoms with van der Waals surface area (Å²) in [6, 6.07) is 0. The van der Waals surface area contributed by atoms with E-state index in [1.165, 1.54) is 5.71 Å². The van der Waals surface area contributed by atoms with E-state index in [9.17, 15) is 0 Å². The molecule has 1 heterocycles.